The summed E-state index contributed by atoms with van der Waals surface area (Å²) in [5.41, 5.74) is 3.66. The van der Waals surface area contributed by atoms with Gasteiger partial charge >= 0.3 is 0 Å². The minimum atomic E-state index is -0.178. The molecule has 1 aliphatic heterocycles. The van der Waals surface area contributed by atoms with Gasteiger partial charge in [0.15, 0.2) is 0 Å². The number of hydrogen-bond donors (Lipinski definition) is 1. The molecular weight excluding hydrogens is 201 g/mol. The van der Waals surface area contributed by atoms with Crippen molar-refractivity contribution in [3.63, 3.8) is 0 Å². The average Bonchev–Trinajstić information content (AvgIpc) is 2.74. The Kier molecular flexibility index (Phi) is 2.13. The second-order valence-electron chi connectivity index (χ2n) is 4.07. The highest BCUT2D eigenvalue weighted by molar-refractivity contribution is 5.60. The molecule has 1 heterocycles. The van der Waals surface area contributed by atoms with Crippen LogP contribution in [0.4, 0.5) is 10.1 Å². The number of hydrogen-bond acceptors (Lipinski definition) is 1. The van der Waals surface area contributed by atoms with Crippen molar-refractivity contribution in [3.05, 3.63) is 65.5 Å². The summed E-state index contributed by atoms with van der Waals surface area (Å²) in [4.78, 5) is 0. The van der Waals surface area contributed by atoms with Crippen LogP contribution in [0.3, 0.4) is 0 Å². The van der Waals surface area contributed by atoms with Crippen molar-refractivity contribution in [3.8, 4) is 0 Å². The number of halogens is 1. The van der Waals surface area contributed by atoms with Crippen molar-refractivity contribution in [1.29, 1.82) is 0 Å². The monoisotopic (exact) mass is 213 g/mol. The Labute approximate surface area is 93.9 Å². The maximum Gasteiger partial charge on any atom is 0.123 e. The summed E-state index contributed by atoms with van der Waals surface area (Å²) in [6.45, 7) is 0.894. The van der Waals surface area contributed by atoms with Crippen LogP contribution in [0.2, 0.25) is 0 Å². The lowest BCUT2D eigenvalue weighted by atomic mass is 9.93. The highest BCUT2D eigenvalue weighted by atomic mass is 19.1. The van der Waals surface area contributed by atoms with Gasteiger partial charge in [-0.2, -0.15) is 0 Å². The van der Waals surface area contributed by atoms with Gasteiger partial charge in [-0.1, -0.05) is 30.3 Å². The molecule has 0 bridgehead atoms. The van der Waals surface area contributed by atoms with Crippen LogP contribution < -0.4 is 5.32 Å². The number of fused-ring (bicyclic) bond motifs is 1. The molecule has 0 aliphatic carbocycles. The van der Waals surface area contributed by atoms with E-state index in [9.17, 15) is 4.39 Å². The first-order valence-corrected chi connectivity index (χ1v) is 5.43. The quantitative estimate of drug-likeness (QED) is 0.765. The summed E-state index contributed by atoms with van der Waals surface area (Å²) in [6, 6.07) is 15.1. The predicted molar refractivity (Wildman–Crippen MR) is 63.2 cm³/mol. The zero-order valence-electron chi connectivity index (χ0n) is 8.78. The topological polar surface area (TPSA) is 12.0 Å². The molecular formula is C14H12FN. The Balaban J connectivity index is 2.01. The van der Waals surface area contributed by atoms with Gasteiger partial charge < -0.3 is 5.32 Å². The van der Waals surface area contributed by atoms with Crippen LogP contribution in [0.5, 0.6) is 0 Å². The molecule has 80 valence electrons. The van der Waals surface area contributed by atoms with E-state index < -0.39 is 0 Å². The maximum absolute atomic E-state index is 12.9. The van der Waals surface area contributed by atoms with Gasteiger partial charge in [-0.3, -0.25) is 0 Å². The lowest BCUT2D eigenvalue weighted by molar-refractivity contribution is 0.626. The third-order valence-electron chi connectivity index (χ3n) is 3.11. The van der Waals surface area contributed by atoms with Crippen molar-refractivity contribution >= 4 is 5.69 Å². The highest BCUT2D eigenvalue weighted by Crippen LogP contribution is 2.35. The molecule has 0 fully saturated rings. The fourth-order valence-electron chi connectivity index (χ4n) is 2.28. The largest absolute Gasteiger partial charge is 0.384 e. The smallest absolute Gasteiger partial charge is 0.123 e. The number of benzene rings is 2. The van der Waals surface area contributed by atoms with E-state index in [4.69, 9.17) is 0 Å². The van der Waals surface area contributed by atoms with Crippen LogP contribution in [-0.4, -0.2) is 6.54 Å². The second-order valence-corrected chi connectivity index (χ2v) is 4.07. The van der Waals surface area contributed by atoms with E-state index in [1.807, 2.05) is 24.3 Å². The van der Waals surface area contributed by atoms with Gasteiger partial charge in [0, 0.05) is 18.2 Å². The summed E-state index contributed by atoms with van der Waals surface area (Å²) < 4.78 is 12.9. The molecule has 0 amide bonds. The van der Waals surface area contributed by atoms with Crippen LogP contribution in [0.1, 0.15) is 17.0 Å². The zero-order chi connectivity index (χ0) is 11.0. The Morgan fingerprint density at radius 2 is 1.75 bits per heavy atom. The fraction of sp³-hybridized carbons (Fsp3) is 0.143. The molecule has 0 saturated heterocycles. The molecule has 0 saturated carbocycles. The maximum atomic E-state index is 12.9. The standard InChI is InChI=1S/C14H12FN/c15-11-7-5-10(6-8-11)13-9-16-14-4-2-1-3-12(13)14/h1-8,13,16H,9H2. The molecule has 0 radical (unpaired) electrons. The summed E-state index contributed by atoms with van der Waals surface area (Å²) in [6.07, 6.45) is 0. The molecule has 16 heavy (non-hydrogen) atoms. The minimum Gasteiger partial charge on any atom is -0.384 e. The van der Waals surface area contributed by atoms with Crippen LogP contribution in [0.25, 0.3) is 0 Å². The molecule has 2 heteroatoms. The van der Waals surface area contributed by atoms with E-state index >= 15 is 0 Å². The third-order valence-corrected chi connectivity index (χ3v) is 3.11. The number of nitrogens with one attached hydrogen (secondary N) is 1. The van der Waals surface area contributed by atoms with Crippen LogP contribution in [0, 0.1) is 5.82 Å². The van der Waals surface area contributed by atoms with E-state index in [2.05, 4.69) is 17.4 Å². The molecule has 1 unspecified atom stereocenters. The lowest BCUT2D eigenvalue weighted by Gasteiger charge is -2.10. The van der Waals surface area contributed by atoms with Crippen molar-refractivity contribution in [2.45, 2.75) is 5.92 Å². The average molecular weight is 213 g/mol. The normalized spacial score (nSPS) is 17.9. The van der Waals surface area contributed by atoms with Crippen molar-refractivity contribution in [2.75, 3.05) is 11.9 Å². The van der Waals surface area contributed by atoms with Crippen molar-refractivity contribution in [1.82, 2.24) is 0 Å². The molecule has 1 N–H and O–H groups in total. The molecule has 2 aromatic carbocycles. The molecule has 3 rings (SSSR count). The Hall–Kier alpha value is -1.83. The number of para-hydroxylation sites is 1. The van der Waals surface area contributed by atoms with Crippen molar-refractivity contribution < 1.29 is 4.39 Å². The number of rotatable bonds is 1. The first-order valence-electron chi connectivity index (χ1n) is 5.43. The molecule has 1 atom stereocenters. The first kappa shape index (κ1) is 9.40. The van der Waals surface area contributed by atoms with Gasteiger partial charge in [0.1, 0.15) is 5.82 Å². The summed E-state index contributed by atoms with van der Waals surface area (Å²) in [5.74, 6) is 0.166. The van der Waals surface area contributed by atoms with Gasteiger partial charge in [-0.05, 0) is 29.3 Å². The van der Waals surface area contributed by atoms with Gasteiger partial charge in [-0.15, -0.1) is 0 Å². The predicted octanol–water partition coefficient (Wildman–Crippen LogP) is 3.38. The fourth-order valence-corrected chi connectivity index (χ4v) is 2.28. The van der Waals surface area contributed by atoms with Gasteiger partial charge in [-0.25, -0.2) is 4.39 Å². The van der Waals surface area contributed by atoms with Crippen LogP contribution in [0.15, 0.2) is 48.5 Å². The second kappa shape index (κ2) is 3.63. The lowest BCUT2D eigenvalue weighted by Crippen LogP contribution is -2.03. The van der Waals surface area contributed by atoms with E-state index in [0.29, 0.717) is 5.92 Å². The van der Waals surface area contributed by atoms with E-state index in [1.165, 1.54) is 28.9 Å². The van der Waals surface area contributed by atoms with Gasteiger partial charge in [0.2, 0.25) is 0 Å². The Morgan fingerprint density at radius 1 is 1.00 bits per heavy atom. The Bertz CT molecular complexity index is 504. The van der Waals surface area contributed by atoms with E-state index in [1.54, 1.807) is 0 Å². The molecule has 1 aliphatic rings. The molecule has 0 spiro atoms. The third kappa shape index (κ3) is 1.47. The minimum absolute atomic E-state index is 0.178. The Morgan fingerprint density at radius 3 is 2.56 bits per heavy atom. The molecule has 1 nitrogen and oxygen atoms in total. The summed E-state index contributed by atoms with van der Waals surface area (Å²) in [5, 5.41) is 3.37. The van der Waals surface area contributed by atoms with Gasteiger partial charge in [0.25, 0.3) is 0 Å². The molecule has 2 aromatic rings. The number of anilines is 1. The SMILES string of the molecule is Fc1ccc(C2CNc3ccccc32)cc1. The van der Waals surface area contributed by atoms with E-state index in [-0.39, 0.29) is 5.82 Å². The van der Waals surface area contributed by atoms with Gasteiger partial charge in [0.05, 0.1) is 0 Å². The summed E-state index contributed by atoms with van der Waals surface area (Å²) in [7, 11) is 0. The van der Waals surface area contributed by atoms with E-state index in [0.717, 1.165) is 6.54 Å². The molecule has 0 aromatic heterocycles. The highest BCUT2D eigenvalue weighted by Gasteiger charge is 2.22. The van der Waals surface area contributed by atoms with Crippen molar-refractivity contribution in [2.24, 2.45) is 0 Å². The zero-order valence-corrected chi connectivity index (χ0v) is 8.78. The summed E-state index contributed by atoms with van der Waals surface area (Å²) >= 11 is 0. The van der Waals surface area contributed by atoms with Crippen LogP contribution >= 0.6 is 0 Å². The van der Waals surface area contributed by atoms with Crippen LogP contribution in [-0.2, 0) is 0 Å². The first-order chi connectivity index (χ1) is 7.84.